The summed E-state index contributed by atoms with van der Waals surface area (Å²) in [5, 5.41) is 8.60. The van der Waals surface area contributed by atoms with Crippen LogP contribution in [-0.2, 0) is 0 Å². The van der Waals surface area contributed by atoms with E-state index >= 15 is 0 Å². The summed E-state index contributed by atoms with van der Waals surface area (Å²) in [6.45, 7) is 3.64. The summed E-state index contributed by atoms with van der Waals surface area (Å²) in [5.41, 5.74) is 1.77. The van der Waals surface area contributed by atoms with Crippen molar-refractivity contribution in [3.05, 3.63) is 39.5 Å². The van der Waals surface area contributed by atoms with E-state index in [2.05, 4.69) is 35.2 Å². The number of benzene rings is 1. The quantitative estimate of drug-likeness (QED) is 0.708. The molecule has 1 rings (SSSR count). The fourth-order valence-corrected chi connectivity index (χ4v) is 1.41. The molecule has 1 nitrogen and oxygen atoms in total. The lowest BCUT2D eigenvalue weighted by Gasteiger charge is -1.95. The Morgan fingerprint density at radius 2 is 2.27 bits per heavy atom. The van der Waals surface area contributed by atoms with Crippen molar-refractivity contribution in [3.63, 3.8) is 0 Å². The van der Waals surface area contributed by atoms with Gasteiger partial charge in [-0.25, -0.2) is 0 Å². The average Bonchev–Trinajstić information content (AvgIpc) is 2.04. The number of nitriles is 1. The van der Waals surface area contributed by atoms with Crippen LogP contribution in [0.5, 0.6) is 0 Å². The van der Waals surface area contributed by atoms with Gasteiger partial charge < -0.3 is 0 Å². The third kappa shape index (κ3) is 1.81. The van der Waals surface area contributed by atoms with Crippen LogP contribution in [0.25, 0.3) is 6.08 Å². The molecule has 0 spiro atoms. The van der Waals surface area contributed by atoms with Crippen molar-refractivity contribution in [1.29, 1.82) is 5.26 Å². The van der Waals surface area contributed by atoms with Crippen LogP contribution >= 0.6 is 22.6 Å². The first-order valence-electron chi connectivity index (χ1n) is 3.10. The Labute approximate surface area is 79.5 Å². The third-order valence-corrected chi connectivity index (χ3v) is 2.24. The molecule has 0 atom stereocenters. The standard InChI is InChI=1S/C9H6IN/c1-2-7-3-4-8(6-11)9(10)5-7/h2-5H,1H2. The lowest BCUT2D eigenvalue weighted by Crippen LogP contribution is -1.81. The van der Waals surface area contributed by atoms with Crippen LogP contribution in [0, 0.1) is 14.9 Å². The van der Waals surface area contributed by atoms with Gasteiger partial charge in [0.05, 0.1) is 5.56 Å². The molecule has 0 fully saturated rings. The minimum absolute atomic E-state index is 0.719. The SMILES string of the molecule is C=Cc1ccc(C#N)c(I)c1. The van der Waals surface area contributed by atoms with Crippen molar-refractivity contribution in [2.45, 2.75) is 0 Å². The van der Waals surface area contributed by atoms with Gasteiger partial charge in [0.2, 0.25) is 0 Å². The first-order chi connectivity index (χ1) is 5.27. The second-order valence-electron chi connectivity index (χ2n) is 2.06. The summed E-state index contributed by atoms with van der Waals surface area (Å²) in [5.74, 6) is 0. The second kappa shape index (κ2) is 3.54. The molecule has 54 valence electrons. The summed E-state index contributed by atoms with van der Waals surface area (Å²) in [4.78, 5) is 0. The molecule has 0 aromatic heterocycles. The summed E-state index contributed by atoms with van der Waals surface area (Å²) >= 11 is 2.14. The monoisotopic (exact) mass is 255 g/mol. The van der Waals surface area contributed by atoms with E-state index in [4.69, 9.17) is 5.26 Å². The van der Waals surface area contributed by atoms with E-state index in [9.17, 15) is 0 Å². The smallest absolute Gasteiger partial charge is 0.100 e. The molecule has 11 heavy (non-hydrogen) atoms. The lowest BCUT2D eigenvalue weighted by atomic mass is 10.1. The molecule has 0 unspecified atom stereocenters. The summed E-state index contributed by atoms with van der Waals surface area (Å²) in [6, 6.07) is 7.73. The molecule has 1 aromatic carbocycles. The van der Waals surface area contributed by atoms with Gasteiger partial charge in [-0.15, -0.1) is 0 Å². The Hall–Kier alpha value is -0.820. The van der Waals surface area contributed by atoms with E-state index in [0.29, 0.717) is 0 Å². The van der Waals surface area contributed by atoms with Crippen molar-refractivity contribution >= 4 is 28.7 Å². The van der Waals surface area contributed by atoms with Crippen LogP contribution < -0.4 is 0 Å². The molecule has 0 amide bonds. The van der Waals surface area contributed by atoms with Crippen LogP contribution in [0.3, 0.4) is 0 Å². The van der Waals surface area contributed by atoms with Gasteiger partial charge in [0, 0.05) is 3.57 Å². The zero-order valence-electron chi connectivity index (χ0n) is 5.84. The predicted molar refractivity (Wildman–Crippen MR) is 54.0 cm³/mol. The number of rotatable bonds is 1. The van der Waals surface area contributed by atoms with E-state index in [1.165, 1.54) is 0 Å². The molecule has 1 aromatic rings. The number of nitrogens with zero attached hydrogens (tertiary/aromatic N) is 1. The van der Waals surface area contributed by atoms with Gasteiger partial charge in [0.15, 0.2) is 0 Å². The Morgan fingerprint density at radius 3 is 2.73 bits per heavy atom. The van der Waals surface area contributed by atoms with Gasteiger partial charge in [-0.3, -0.25) is 0 Å². The molecule has 0 heterocycles. The highest BCUT2D eigenvalue weighted by molar-refractivity contribution is 14.1. The molecule has 2 heteroatoms. The molecular formula is C9H6IN. The maximum Gasteiger partial charge on any atom is 0.100 e. The van der Waals surface area contributed by atoms with Crippen molar-refractivity contribution in [3.8, 4) is 6.07 Å². The highest BCUT2D eigenvalue weighted by Crippen LogP contribution is 2.13. The number of hydrogen-bond acceptors (Lipinski definition) is 1. The van der Waals surface area contributed by atoms with Crippen LogP contribution in [0.15, 0.2) is 24.8 Å². The molecule has 0 aliphatic carbocycles. The highest BCUT2D eigenvalue weighted by Gasteiger charge is 1.96. The van der Waals surface area contributed by atoms with Crippen LogP contribution in [0.1, 0.15) is 11.1 Å². The van der Waals surface area contributed by atoms with E-state index in [-0.39, 0.29) is 0 Å². The van der Waals surface area contributed by atoms with Crippen molar-refractivity contribution in [2.24, 2.45) is 0 Å². The van der Waals surface area contributed by atoms with Gasteiger partial charge in [0.1, 0.15) is 6.07 Å². The summed E-state index contributed by atoms with van der Waals surface area (Å²) in [7, 11) is 0. The Kier molecular flexibility index (Phi) is 2.66. The van der Waals surface area contributed by atoms with Crippen molar-refractivity contribution in [2.75, 3.05) is 0 Å². The predicted octanol–water partition coefficient (Wildman–Crippen LogP) is 2.81. The normalized spacial score (nSPS) is 8.73. The molecular weight excluding hydrogens is 249 g/mol. The topological polar surface area (TPSA) is 23.8 Å². The molecule has 0 radical (unpaired) electrons. The Bertz CT molecular complexity index is 323. The van der Waals surface area contributed by atoms with Gasteiger partial charge in [-0.1, -0.05) is 18.7 Å². The van der Waals surface area contributed by atoms with Crippen LogP contribution in [0.2, 0.25) is 0 Å². The highest BCUT2D eigenvalue weighted by atomic mass is 127. The van der Waals surface area contributed by atoms with E-state index in [1.54, 1.807) is 12.1 Å². The molecule has 0 aliphatic rings. The molecule has 0 saturated carbocycles. The van der Waals surface area contributed by atoms with Crippen molar-refractivity contribution < 1.29 is 0 Å². The summed E-state index contributed by atoms with van der Waals surface area (Å²) in [6.07, 6.45) is 1.77. The first-order valence-corrected chi connectivity index (χ1v) is 4.18. The molecule has 0 saturated heterocycles. The van der Waals surface area contributed by atoms with Crippen LogP contribution in [-0.4, -0.2) is 0 Å². The molecule has 0 bridgehead atoms. The third-order valence-electron chi connectivity index (χ3n) is 1.35. The van der Waals surface area contributed by atoms with Gasteiger partial charge >= 0.3 is 0 Å². The largest absolute Gasteiger partial charge is 0.192 e. The minimum Gasteiger partial charge on any atom is -0.192 e. The van der Waals surface area contributed by atoms with E-state index in [0.717, 1.165) is 14.7 Å². The fraction of sp³-hybridized carbons (Fsp3) is 0. The summed E-state index contributed by atoms with van der Waals surface area (Å²) < 4.78 is 0.975. The van der Waals surface area contributed by atoms with E-state index in [1.807, 2.05) is 12.1 Å². The zero-order chi connectivity index (χ0) is 8.27. The van der Waals surface area contributed by atoms with Gasteiger partial charge in [-0.05, 0) is 40.3 Å². The van der Waals surface area contributed by atoms with Crippen LogP contribution in [0.4, 0.5) is 0 Å². The first kappa shape index (κ1) is 8.28. The second-order valence-corrected chi connectivity index (χ2v) is 3.22. The van der Waals surface area contributed by atoms with Gasteiger partial charge in [0.25, 0.3) is 0 Å². The Morgan fingerprint density at radius 1 is 1.55 bits per heavy atom. The number of hydrogen-bond donors (Lipinski definition) is 0. The maximum atomic E-state index is 8.60. The number of halogens is 1. The lowest BCUT2D eigenvalue weighted by molar-refractivity contribution is 1.46. The Balaban J connectivity index is 3.22. The van der Waals surface area contributed by atoms with Gasteiger partial charge in [-0.2, -0.15) is 5.26 Å². The molecule has 0 aliphatic heterocycles. The average molecular weight is 255 g/mol. The maximum absolute atomic E-state index is 8.60. The molecule has 0 N–H and O–H groups in total. The minimum atomic E-state index is 0.719. The fourth-order valence-electron chi connectivity index (χ4n) is 0.749. The van der Waals surface area contributed by atoms with E-state index < -0.39 is 0 Å². The zero-order valence-corrected chi connectivity index (χ0v) is 8.00. The van der Waals surface area contributed by atoms with Crippen molar-refractivity contribution in [1.82, 2.24) is 0 Å².